The number of nitrogens with zero attached hydrogens (tertiary/aromatic N) is 1. The molecule has 0 aliphatic carbocycles. The first-order chi connectivity index (χ1) is 14.2. The molecule has 1 heterocycles. The number of pyridine rings is 1. The number of aromatic nitrogens is 1. The van der Waals surface area contributed by atoms with Crippen LogP contribution in [0.4, 0.5) is 21.0 Å². The predicted molar refractivity (Wildman–Crippen MR) is 121 cm³/mol. The molecule has 1 rings (SSSR count). The molecular weight excluding hydrogens is 400 g/mol. The van der Waals surface area contributed by atoms with Crippen molar-refractivity contribution < 1.29 is 24.2 Å². The monoisotopic (exact) mass is 438 g/mol. The summed E-state index contributed by atoms with van der Waals surface area (Å²) in [5, 5.41) is 19.3. The van der Waals surface area contributed by atoms with Gasteiger partial charge in [0, 0.05) is 12.7 Å². The Bertz CT molecular complexity index is 727. The minimum absolute atomic E-state index is 0.0430. The standard InChI is InChI=1S/C22H38N4O5/c1-9-14(2)18(27)17(26-20(29)31-22(6,7)8)13-24-15-10-11-23-12-16(15)25-19(28)30-21(3,4)5/h10-12,14,17-18,27H,9,13H2,1-8H3,(H,23,24)(H,25,28)(H,26,29)/t14-,17+,18+/m0/s1. The molecule has 0 saturated heterocycles. The smallest absolute Gasteiger partial charge is 0.412 e. The lowest BCUT2D eigenvalue weighted by molar-refractivity contribution is 0.0354. The third-order valence-corrected chi connectivity index (χ3v) is 4.31. The minimum Gasteiger partial charge on any atom is -0.444 e. The Morgan fingerprint density at radius 1 is 1.06 bits per heavy atom. The van der Waals surface area contributed by atoms with Gasteiger partial charge in [0.1, 0.15) is 11.2 Å². The maximum Gasteiger partial charge on any atom is 0.412 e. The van der Waals surface area contributed by atoms with Crippen molar-refractivity contribution in [3.8, 4) is 0 Å². The molecule has 4 N–H and O–H groups in total. The van der Waals surface area contributed by atoms with Crippen LogP contribution in [0.2, 0.25) is 0 Å². The summed E-state index contributed by atoms with van der Waals surface area (Å²) >= 11 is 0. The second-order valence-corrected chi connectivity index (χ2v) is 9.56. The molecule has 9 nitrogen and oxygen atoms in total. The van der Waals surface area contributed by atoms with Crippen molar-refractivity contribution in [1.29, 1.82) is 0 Å². The highest BCUT2D eigenvalue weighted by atomic mass is 16.6. The molecule has 0 aromatic carbocycles. The quantitative estimate of drug-likeness (QED) is 0.481. The number of hydrogen-bond acceptors (Lipinski definition) is 7. The van der Waals surface area contributed by atoms with E-state index in [0.29, 0.717) is 11.4 Å². The fraction of sp³-hybridized carbons (Fsp3) is 0.682. The van der Waals surface area contributed by atoms with Gasteiger partial charge in [-0.1, -0.05) is 20.3 Å². The highest BCUT2D eigenvalue weighted by molar-refractivity contribution is 5.89. The number of carbonyl (C=O) groups excluding carboxylic acids is 2. The number of carbonyl (C=O) groups is 2. The molecule has 0 aliphatic rings. The maximum atomic E-state index is 12.3. The van der Waals surface area contributed by atoms with Gasteiger partial charge in [0.15, 0.2) is 0 Å². The lowest BCUT2D eigenvalue weighted by atomic mass is 9.95. The fourth-order valence-electron chi connectivity index (χ4n) is 2.64. The normalized spacial score (nSPS) is 14.7. The third-order valence-electron chi connectivity index (χ3n) is 4.31. The van der Waals surface area contributed by atoms with Gasteiger partial charge in [-0.05, 0) is 53.5 Å². The van der Waals surface area contributed by atoms with Gasteiger partial charge >= 0.3 is 12.2 Å². The summed E-state index contributed by atoms with van der Waals surface area (Å²) in [7, 11) is 0. The zero-order valence-corrected chi connectivity index (χ0v) is 19.9. The van der Waals surface area contributed by atoms with Crippen molar-refractivity contribution in [3.05, 3.63) is 18.5 Å². The Hall–Kier alpha value is -2.55. The van der Waals surface area contributed by atoms with E-state index in [1.54, 1.807) is 53.8 Å². The molecule has 31 heavy (non-hydrogen) atoms. The molecule has 0 saturated carbocycles. The Kier molecular flexibility index (Phi) is 9.55. The Labute approximate surface area is 185 Å². The van der Waals surface area contributed by atoms with Gasteiger partial charge < -0.3 is 25.2 Å². The summed E-state index contributed by atoms with van der Waals surface area (Å²) in [4.78, 5) is 28.5. The summed E-state index contributed by atoms with van der Waals surface area (Å²) in [5.74, 6) is -0.0430. The van der Waals surface area contributed by atoms with Crippen LogP contribution in [0.1, 0.15) is 61.8 Å². The van der Waals surface area contributed by atoms with Crippen molar-refractivity contribution >= 4 is 23.6 Å². The number of alkyl carbamates (subject to hydrolysis) is 1. The molecule has 0 unspecified atom stereocenters. The first kappa shape index (κ1) is 26.5. The number of hydrogen-bond donors (Lipinski definition) is 4. The summed E-state index contributed by atoms with van der Waals surface area (Å²) in [6.07, 6.45) is 1.80. The van der Waals surface area contributed by atoms with Crippen molar-refractivity contribution in [2.75, 3.05) is 17.2 Å². The van der Waals surface area contributed by atoms with Crippen LogP contribution in [0.15, 0.2) is 18.5 Å². The van der Waals surface area contributed by atoms with E-state index in [1.807, 2.05) is 13.8 Å². The number of rotatable bonds is 8. The van der Waals surface area contributed by atoms with E-state index in [1.165, 1.54) is 6.20 Å². The van der Waals surface area contributed by atoms with Gasteiger partial charge in [-0.3, -0.25) is 10.3 Å². The van der Waals surface area contributed by atoms with Gasteiger partial charge in [0.05, 0.1) is 29.7 Å². The van der Waals surface area contributed by atoms with E-state index >= 15 is 0 Å². The van der Waals surface area contributed by atoms with Crippen LogP contribution in [0.25, 0.3) is 0 Å². The molecule has 1 aromatic rings. The number of aliphatic hydroxyl groups is 1. The molecule has 0 spiro atoms. The van der Waals surface area contributed by atoms with E-state index in [4.69, 9.17) is 9.47 Å². The van der Waals surface area contributed by atoms with Crippen molar-refractivity contribution in [2.24, 2.45) is 5.92 Å². The van der Waals surface area contributed by atoms with E-state index in [9.17, 15) is 14.7 Å². The van der Waals surface area contributed by atoms with Gasteiger partial charge in [-0.2, -0.15) is 0 Å². The van der Waals surface area contributed by atoms with E-state index in [0.717, 1.165) is 6.42 Å². The molecule has 1 aromatic heterocycles. The second kappa shape index (κ2) is 11.2. The number of anilines is 2. The number of nitrogens with one attached hydrogen (secondary N) is 3. The van der Waals surface area contributed by atoms with Crippen molar-refractivity contribution in [1.82, 2.24) is 10.3 Å². The lowest BCUT2D eigenvalue weighted by Crippen LogP contribution is -2.51. The predicted octanol–water partition coefficient (Wildman–Crippen LogP) is 4.14. The Morgan fingerprint density at radius 3 is 2.19 bits per heavy atom. The van der Waals surface area contributed by atoms with Crippen LogP contribution in [0.3, 0.4) is 0 Å². The third kappa shape index (κ3) is 10.3. The first-order valence-corrected chi connectivity index (χ1v) is 10.6. The van der Waals surface area contributed by atoms with Crippen LogP contribution < -0.4 is 16.0 Å². The molecule has 0 radical (unpaired) electrons. The molecule has 0 bridgehead atoms. The van der Waals surface area contributed by atoms with Gasteiger partial charge in [-0.15, -0.1) is 0 Å². The highest BCUT2D eigenvalue weighted by Crippen LogP contribution is 2.22. The molecule has 0 fully saturated rings. The average Bonchev–Trinajstić information content (AvgIpc) is 2.61. The van der Waals surface area contributed by atoms with Crippen LogP contribution in [-0.4, -0.2) is 52.2 Å². The largest absolute Gasteiger partial charge is 0.444 e. The number of ether oxygens (including phenoxy) is 2. The zero-order valence-electron chi connectivity index (χ0n) is 19.9. The van der Waals surface area contributed by atoms with Gasteiger partial charge in [0.2, 0.25) is 0 Å². The number of amides is 2. The van der Waals surface area contributed by atoms with Crippen LogP contribution in [-0.2, 0) is 9.47 Å². The average molecular weight is 439 g/mol. The van der Waals surface area contributed by atoms with Gasteiger partial charge in [0.25, 0.3) is 0 Å². The zero-order chi connectivity index (χ0) is 23.8. The summed E-state index contributed by atoms with van der Waals surface area (Å²) in [5.41, 5.74) is -0.291. The fourth-order valence-corrected chi connectivity index (χ4v) is 2.64. The summed E-state index contributed by atoms with van der Waals surface area (Å²) in [6.45, 7) is 14.7. The number of aliphatic hydroxyl groups excluding tert-OH is 1. The van der Waals surface area contributed by atoms with Crippen LogP contribution in [0.5, 0.6) is 0 Å². The topological polar surface area (TPSA) is 122 Å². The summed E-state index contributed by atoms with van der Waals surface area (Å²) < 4.78 is 10.6. The van der Waals surface area contributed by atoms with Crippen molar-refractivity contribution in [2.45, 2.75) is 85.2 Å². The highest BCUT2D eigenvalue weighted by Gasteiger charge is 2.28. The van der Waals surface area contributed by atoms with Crippen LogP contribution in [0, 0.1) is 5.92 Å². The molecule has 0 aliphatic heterocycles. The SMILES string of the molecule is CC[C@H](C)[C@@H](O)[C@@H](CNc1ccncc1NC(=O)OC(C)(C)C)NC(=O)OC(C)(C)C. The van der Waals surface area contributed by atoms with Gasteiger partial charge in [-0.25, -0.2) is 9.59 Å². The molecule has 176 valence electrons. The van der Waals surface area contributed by atoms with Crippen LogP contribution >= 0.6 is 0 Å². The maximum absolute atomic E-state index is 12.3. The molecule has 9 heteroatoms. The molecule has 3 atom stereocenters. The van der Waals surface area contributed by atoms with Crippen molar-refractivity contribution in [3.63, 3.8) is 0 Å². The Balaban J connectivity index is 2.92. The first-order valence-electron chi connectivity index (χ1n) is 10.6. The molecular formula is C22H38N4O5. The van der Waals surface area contributed by atoms with E-state index in [-0.39, 0.29) is 12.5 Å². The van der Waals surface area contributed by atoms with E-state index < -0.39 is 35.5 Å². The second-order valence-electron chi connectivity index (χ2n) is 9.56. The summed E-state index contributed by atoms with van der Waals surface area (Å²) in [6, 6.07) is 1.07. The Morgan fingerprint density at radius 2 is 1.65 bits per heavy atom. The molecule has 2 amide bonds. The lowest BCUT2D eigenvalue weighted by Gasteiger charge is -2.30. The minimum atomic E-state index is -0.797. The van der Waals surface area contributed by atoms with E-state index in [2.05, 4.69) is 20.9 Å².